The molecule has 0 saturated carbocycles. The molecule has 1 aliphatic heterocycles. The van der Waals surface area contributed by atoms with Crippen LogP contribution < -0.4 is 5.32 Å². The zero-order chi connectivity index (χ0) is 18.0. The minimum absolute atomic E-state index is 0.165. The number of hydrogen-bond donors (Lipinski definition) is 1. The fourth-order valence-corrected chi connectivity index (χ4v) is 4.27. The second-order valence-electron chi connectivity index (χ2n) is 5.68. The Balaban J connectivity index is 1.66. The maximum Gasteiger partial charge on any atom is 0.256 e. The van der Waals surface area contributed by atoms with Crippen molar-refractivity contribution in [1.82, 2.24) is 9.88 Å². The summed E-state index contributed by atoms with van der Waals surface area (Å²) in [6.45, 7) is 0.924. The van der Waals surface area contributed by atoms with E-state index in [0.717, 1.165) is 17.8 Å². The Hall–Kier alpha value is -1.34. The molecule has 1 saturated heterocycles. The molecular weight excluding hydrogens is 405 g/mol. The summed E-state index contributed by atoms with van der Waals surface area (Å²) in [7, 11) is 0. The monoisotopic (exact) mass is 417 g/mol. The molecule has 25 heavy (non-hydrogen) atoms. The van der Waals surface area contributed by atoms with E-state index in [4.69, 9.17) is 34.8 Å². The average Bonchev–Trinajstić information content (AvgIpc) is 2.94. The van der Waals surface area contributed by atoms with Crippen molar-refractivity contribution in [2.75, 3.05) is 18.4 Å². The molecule has 132 valence electrons. The van der Waals surface area contributed by atoms with Gasteiger partial charge in [-0.15, -0.1) is 11.3 Å². The van der Waals surface area contributed by atoms with Gasteiger partial charge in [-0.25, -0.2) is 4.98 Å². The molecule has 3 heterocycles. The standard InChI is InChI=1S/C16H14Cl3N3O2S/c17-10-3-4-13(20-7-10)21-15(23)9-2-1-5-22(8-9)16(24)11-6-12(18)25-14(11)19/h3-4,6-7,9H,1-2,5,8H2,(H,20,21,23). The molecule has 0 radical (unpaired) electrons. The summed E-state index contributed by atoms with van der Waals surface area (Å²) in [5, 5.41) is 3.26. The van der Waals surface area contributed by atoms with E-state index in [1.807, 2.05) is 0 Å². The number of thiophene rings is 1. The molecule has 2 aromatic rings. The van der Waals surface area contributed by atoms with Crippen LogP contribution in [0.25, 0.3) is 0 Å². The van der Waals surface area contributed by atoms with E-state index < -0.39 is 0 Å². The first-order valence-corrected chi connectivity index (χ1v) is 9.55. The van der Waals surface area contributed by atoms with Gasteiger partial charge in [-0.3, -0.25) is 9.59 Å². The topological polar surface area (TPSA) is 62.3 Å². The molecule has 1 fully saturated rings. The van der Waals surface area contributed by atoms with Crippen LogP contribution in [0, 0.1) is 5.92 Å². The van der Waals surface area contributed by atoms with Crippen LogP contribution in [-0.2, 0) is 4.79 Å². The normalized spacial score (nSPS) is 17.4. The predicted octanol–water partition coefficient (Wildman–Crippen LogP) is 4.59. The van der Waals surface area contributed by atoms with Crippen molar-refractivity contribution in [2.45, 2.75) is 12.8 Å². The molecule has 0 spiro atoms. The number of likely N-dealkylation sites (tertiary alicyclic amines) is 1. The molecule has 3 rings (SSSR count). The number of piperidine rings is 1. The number of amides is 2. The molecule has 2 aromatic heterocycles. The smallest absolute Gasteiger partial charge is 0.256 e. The molecule has 9 heteroatoms. The maximum absolute atomic E-state index is 12.6. The number of nitrogens with zero attached hydrogens (tertiary/aromatic N) is 2. The van der Waals surface area contributed by atoms with Crippen LogP contribution in [0.4, 0.5) is 5.82 Å². The van der Waals surface area contributed by atoms with E-state index in [1.165, 1.54) is 6.20 Å². The van der Waals surface area contributed by atoms with Crippen LogP contribution in [0.1, 0.15) is 23.2 Å². The van der Waals surface area contributed by atoms with Crippen molar-refractivity contribution in [3.63, 3.8) is 0 Å². The van der Waals surface area contributed by atoms with Crippen molar-refractivity contribution in [3.05, 3.63) is 43.7 Å². The number of halogens is 3. The Bertz CT molecular complexity index is 794. The minimum atomic E-state index is -0.303. The van der Waals surface area contributed by atoms with Gasteiger partial charge in [-0.05, 0) is 31.0 Å². The van der Waals surface area contributed by atoms with Crippen molar-refractivity contribution in [3.8, 4) is 0 Å². The first-order chi connectivity index (χ1) is 11.9. The fraction of sp³-hybridized carbons (Fsp3) is 0.312. The Morgan fingerprint density at radius 1 is 1.28 bits per heavy atom. The zero-order valence-corrected chi connectivity index (χ0v) is 16.1. The van der Waals surface area contributed by atoms with Crippen LogP contribution in [0.2, 0.25) is 13.7 Å². The van der Waals surface area contributed by atoms with Crippen molar-refractivity contribution >= 4 is 63.8 Å². The lowest BCUT2D eigenvalue weighted by atomic mass is 9.96. The number of nitrogens with one attached hydrogen (secondary N) is 1. The van der Waals surface area contributed by atoms with Crippen LogP contribution >= 0.6 is 46.1 Å². The number of hydrogen-bond acceptors (Lipinski definition) is 4. The van der Waals surface area contributed by atoms with Crippen LogP contribution in [-0.4, -0.2) is 34.8 Å². The molecule has 1 unspecified atom stereocenters. The lowest BCUT2D eigenvalue weighted by Crippen LogP contribution is -2.43. The Kier molecular flexibility index (Phi) is 5.84. The summed E-state index contributed by atoms with van der Waals surface area (Å²) in [5.41, 5.74) is 0.386. The molecule has 0 aliphatic carbocycles. The third-order valence-corrected chi connectivity index (χ3v) is 5.66. The summed E-state index contributed by atoms with van der Waals surface area (Å²) in [6.07, 6.45) is 2.92. The number of carbonyl (C=O) groups excluding carboxylic acids is 2. The van der Waals surface area contributed by atoms with Crippen LogP contribution in [0.15, 0.2) is 24.4 Å². The van der Waals surface area contributed by atoms with E-state index >= 15 is 0 Å². The molecule has 1 N–H and O–H groups in total. The minimum Gasteiger partial charge on any atom is -0.338 e. The van der Waals surface area contributed by atoms with Crippen LogP contribution in [0.3, 0.4) is 0 Å². The third kappa shape index (κ3) is 4.44. The van der Waals surface area contributed by atoms with E-state index in [0.29, 0.717) is 44.6 Å². The van der Waals surface area contributed by atoms with Gasteiger partial charge in [-0.2, -0.15) is 0 Å². The van der Waals surface area contributed by atoms with Gasteiger partial charge in [0.2, 0.25) is 5.91 Å². The van der Waals surface area contributed by atoms with E-state index in [-0.39, 0.29) is 17.7 Å². The number of carbonyl (C=O) groups is 2. The molecule has 2 amide bonds. The SMILES string of the molecule is O=C(Nc1ccc(Cl)cn1)C1CCCN(C(=O)c2cc(Cl)sc2Cl)C1. The predicted molar refractivity (Wildman–Crippen MR) is 101 cm³/mol. The van der Waals surface area contributed by atoms with E-state index in [9.17, 15) is 9.59 Å². The zero-order valence-electron chi connectivity index (χ0n) is 13.0. The second kappa shape index (κ2) is 7.91. The van der Waals surface area contributed by atoms with E-state index in [1.54, 1.807) is 23.1 Å². The van der Waals surface area contributed by atoms with Gasteiger partial charge in [0.15, 0.2) is 0 Å². The second-order valence-corrected chi connectivity index (χ2v) is 8.40. The number of aromatic nitrogens is 1. The first-order valence-electron chi connectivity index (χ1n) is 7.60. The van der Waals surface area contributed by atoms with Gasteiger partial charge in [-0.1, -0.05) is 34.8 Å². The van der Waals surface area contributed by atoms with E-state index in [2.05, 4.69) is 10.3 Å². The molecule has 1 aliphatic rings. The highest BCUT2D eigenvalue weighted by atomic mass is 35.5. The van der Waals surface area contributed by atoms with Crippen LogP contribution in [0.5, 0.6) is 0 Å². The van der Waals surface area contributed by atoms with Gasteiger partial charge in [0.05, 0.1) is 20.8 Å². The largest absolute Gasteiger partial charge is 0.338 e. The number of anilines is 1. The summed E-state index contributed by atoms with van der Waals surface area (Å²) < 4.78 is 0.834. The highest BCUT2D eigenvalue weighted by Crippen LogP contribution is 2.32. The molecule has 1 atom stereocenters. The Morgan fingerprint density at radius 3 is 2.72 bits per heavy atom. The van der Waals surface area contributed by atoms with Gasteiger partial charge in [0.1, 0.15) is 10.2 Å². The number of rotatable bonds is 3. The molecule has 0 aromatic carbocycles. The summed E-state index contributed by atoms with van der Waals surface area (Å²) in [5.74, 6) is -0.231. The molecule has 0 bridgehead atoms. The van der Waals surface area contributed by atoms with Gasteiger partial charge in [0.25, 0.3) is 5.91 Å². The summed E-state index contributed by atoms with van der Waals surface area (Å²) in [6, 6.07) is 4.86. The summed E-state index contributed by atoms with van der Waals surface area (Å²) >= 11 is 18.9. The third-order valence-electron chi connectivity index (χ3n) is 3.95. The Labute approximate surface area is 163 Å². The van der Waals surface area contributed by atoms with Crippen molar-refractivity contribution in [2.24, 2.45) is 5.92 Å². The first kappa shape index (κ1) is 18.5. The summed E-state index contributed by atoms with van der Waals surface area (Å²) in [4.78, 5) is 30.8. The van der Waals surface area contributed by atoms with Gasteiger partial charge >= 0.3 is 0 Å². The highest BCUT2D eigenvalue weighted by Gasteiger charge is 2.30. The lowest BCUT2D eigenvalue weighted by molar-refractivity contribution is -0.121. The van der Waals surface area contributed by atoms with Gasteiger partial charge < -0.3 is 10.2 Å². The highest BCUT2D eigenvalue weighted by molar-refractivity contribution is 7.20. The average molecular weight is 419 g/mol. The quantitative estimate of drug-likeness (QED) is 0.792. The van der Waals surface area contributed by atoms with Crippen molar-refractivity contribution in [1.29, 1.82) is 0 Å². The maximum atomic E-state index is 12.6. The number of pyridine rings is 1. The van der Waals surface area contributed by atoms with Crippen molar-refractivity contribution < 1.29 is 9.59 Å². The van der Waals surface area contributed by atoms with Gasteiger partial charge in [0, 0.05) is 19.3 Å². The Morgan fingerprint density at radius 2 is 2.08 bits per heavy atom. The molecule has 5 nitrogen and oxygen atoms in total. The lowest BCUT2D eigenvalue weighted by Gasteiger charge is -2.32. The molecular formula is C16H14Cl3N3O2S. The fourth-order valence-electron chi connectivity index (χ4n) is 2.71.